The number of carbonyl (C=O) groups is 2. The zero-order valence-electron chi connectivity index (χ0n) is 15.2. The number of anilines is 2. The van der Waals surface area contributed by atoms with Crippen LogP contribution in [0.3, 0.4) is 0 Å². The summed E-state index contributed by atoms with van der Waals surface area (Å²) >= 11 is 12.2. The molecule has 144 valence electrons. The van der Waals surface area contributed by atoms with Crippen molar-refractivity contribution >= 4 is 57.4 Å². The first kappa shape index (κ1) is 19.9. The molecule has 0 saturated carbocycles. The van der Waals surface area contributed by atoms with E-state index in [1.165, 1.54) is 0 Å². The number of fused-ring (bicyclic) bond motifs is 1. The Balaban J connectivity index is 1.94. The molecule has 28 heavy (non-hydrogen) atoms. The summed E-state index contributed by atoms with van der Waals surface area (Å²) in [6.07, 6.45) is 1.56. The smallest absolute Gasteiger partial charge is 0.319 e. The third-order valence-electron chi connectivity index (χ3n) is 3.88. The monoisotopic (exact) mass is 416 g/mol. The Hall–Kier alpha value is -2.83. The first-order valence-corrected chi connectivity index (χ1v) is 9.33. The second-order valence-corrected chi connectivity index (χ2v) is 7.18. The van der Waals surface area contributed by atoms with E-state index in [2.05, 4.69) is 20.9 Å². The van der Waals surface area contributed by atoms with Crippen molar-refractivity contribution in [1.82, 2.24) is 10.3 Å². The molecule has 1 aromatic heterocycles. The van der Waals surface area contributed by atoms with E-state index in [1.54, 1.807) is 42.6 Å². The standard InChI is InChI=1S/C20H18Cl2N4O2/c1-11(2)24-20(28)26-15-9-10-23-18-12(15)5-3-8-16(18)25-19(27)17-13(21)6-4-7-14(17)22/h3-11H,1-2H3,(H,25,27)(H2,23,24,26,28). The molecule has 0 atom stereocenters. The maximum absolute atomic E-state index is 12.7. The van der Waals surface area contributed by atoms with E-state index in [9.17, 15) is 9.59 Å². The van der Waals surface area contributed by atoms with Crippen molar-refractivity contribution in [1.29, 1.82) is 0 Å². The van der Waals surface area contributed by atoms with Gasteiger partial charge in [0, 0.05) is 17.6 Å². The number of nitrogens with one attached hydrogen (secondary N) is 3. The Morgan fingerprint density at radius 3 is 2.29 bits per heavy atom. The maximum Gasteiger partial charge on any atom is 0.319 e. The van der Waals surface area contributed by atoms with Crippen LogP contribution in [-0.2, 0) is 0 Å². The van der Waals surface area contributed by atoms with Gasteiger partial charge in [-0.1, -0.05) is 41.4 Å². The third-order valence-corrected chi connectivity index (χ3v) is 4.51. The van der Waals surface area contributed by atoms with Gasteiger partial charge in [-0.05, 0) is 38.1 Å². The zero-order valence-corrected chi connectivity index (χ0v) is 16.7. The average molecular weight is 417 g/mol. The SMILES string of the molecule is CC(C)NC(=O)Nc1ccnc2c(NC(=O)c3c(Cl)cccc3Cl)cccc12. The van der Waals surface area contributed by atoms with Gasteiger partial charge >= 0.3 is 6.03 Å². The number of halogens is 2. The lowest BCUT2D eigenvalue weighted by molar-refractivity contribution is 0.102. The first-order valence-electron chi connectivity index (χ1n) is 8.57. The van der Waals surface area contributed by atoms with Gasteiger partial charge in [0.15, 0.2) is 0 Å². The van der Waals surface area contributed by atoms with Gasteiger partial charge in [0.1, 0.15) is 0 Å². The summed E-state index contributed by atoms with van der Waals surface area (Å²) < 4.78 is 0. The number of urea groups is 1. The molecule has 3 rings (SSSR count). The zero-order chi connectivity index (χ0) is 20.3. The van der Waals surface area contributed by atoms with Crippen LogP contribution >= 0.6 is 23.2 Å². The number of nitrogens with zero attached hydrogens (tertiary/aromatic N) is 1. The minimum Gasteiger partial charge on any atom is -0.336 e. The number of pyridine rings is 1. The minimum atomic E-state index is -0.444. The highest BCUT2D eigenvalue weighted by atomic mass is 35.5. The first-order chi connectivity index (χ1) is 13.4. The van der Waals surface area contributed by atoms with Gasteiger partial charge in [-0.3, -0.25) is 9.78 Å². The largest absolute Gasteiger partial charge is 0.336 e. The van der Waals surface area contributed by atoms with Gasteiger partial charge in [-0.2, -0.15) is 0 Å². The van der Waals surface area contributed by atoms with Crippen molar-refractivity contribution in [3.63, 3.8) is 0 Å². The van der Waals surface area contributed by atoms with Crippen LogP contribution in [0.4, 0.5) is 16.2 Å². The fourth-order valence-corrected chi connectivity index (χ4v) is 3.28. The lowest BCUT2D eigenvalue weighted by atomic mass is 10.1. The summed E-state index contributed by atoms with van der Waals surface area (Å²) in [5, 5.41) is 9.56. The summed E-state index contributed by atoms with van der Waals surface area (Å²) in [4.78, 5) is 29.1. The van der Waals surface area contributed by atoms with Crippen molar-refractivity contribution in [2.45, 2.75) is 19.9 Å². The van der Waals surface area contributed by atoms with Crippen LogP contribution < -0.4 is 16.0 Å². The molecule has 2 aromatic carbocycles. The molecule has 0 fully saturated rings. The van der Waals surface area contributed by atoms with E-state index < -0.39 is 5.91 Å². The number of para-hydroxylation sites is 1. The van der Waals surface area contributed by atoms with Crippen molar-refractivity contribution in [3.05, 3.63) is 64.3 Å². The summed E-state index contributed by atoms with van der Waals surface area (Å²) in [7, 11) is 0. The molecule has 3 amide bonds. The second-order valence-electron chi connectivity index (χ2n) is 6.36. The van der Waals surface area contributed by atoms with Gasteiger partial charge in [0.05, 0.1) is 32.5 Å². The Morgan fingerprint density at radius 2 is 1.61 bits per heavy atom. The van der Waals surface area contributed by atoms with E-state index in [0.717, 1.165) is 0 Å². The number of hydrogen-bond donors (Lipinski definition) is 3. The minimum absolute atomic E-state index is 0.00307. The van der Waals surface area contributed by atoms with Crippen LogP contribution in [-0.4, -0.2) is 23.0 Å². The van der Waals surface area contributed by atoms with Gasteiger partial charge in [0.2, 0.25) is 0 Å². The van der Waals surface area contributed by atoms with Crippen molar-refractivity contribution in [2.75, 3.05) is 10.6 Å². The van der Waals surface area contributed by atoms with E-state index in [1.807, 2.05) is 19.9 Å². The molecule has 0 unspecified atom stereocenters. The molecule has 3 N–H and O–H groups in total. The van der Waals surface area contributed by atoms with E-state index in [4.69, 9.17) is 23.2 Å². The Bertz CT molecular complexity index is 1030. The molecule has 0 spiro atoms. The molecule has 0 bridgehead atoms. The number of hydrogen-bond acceptors (Lipinski definition) is 3. The number of rotatable bonds is 4. The van der Waals surface area contributed by atoms with Gasteiger partial charge in [0.25, 0.3) is 5.91 Å². The third kappa shape index (κ3) is 4.35. The van der Waals surface area contributed by atoms with Crippen molar-refractivity contribution < 1.29 is 9.59 Å². The van der Waals surface area contributed by atoms with E-state index in [-0.39, 0.29) is 27.7 Å². The summed E-state index contributed by atoms with van der Waals surface area (Å²) in [5.41, 5.74) is 1.77. The molecular weight excluding hydrogens is 399 g/mol. The Morgan fingerprint density at radius 1 is 0.929 bits per heavy atom. The predicted molar refractivity (Wildman–Crippen MR) is 113 cm³/mol. The van der Waals surface area contributed by atoms with E-state index in [0.29, 0.717) is 22.3 Å². The van der Waals surface area contributed by atoms with Crippen LogP contribution in [0.2, 0.25) is 10.0 Å². The molecule has 6 nitrogen and oxygen atoms in total. The van der Waals surface area contributed by atoms with E-state index >= 15 is 0 Å². The number of carbonyl (C=O) groups excluding carboxylic acids is 2. The highest BCUT2D eigenvalue weighted by Gasteiger charge is 2.17. The Kier molecular flexibility index (Phi) is 6.02. The van der Waals surface area contributed by atoms with Crippen LogP contribution in [0.5, 0.6) is 0 Å². The van der Waals surface area contributed by atoms with Crippen LogP contribution in [0.15, 0.2) is 48.7 Å². The average Bonchev–Trinajstić information content (AvgIpc) is 2.61. The van der Waals surface area contributed by atoms with Crippen LogP contribution in [0.25, 0.3) is 10.9 Å². The molecule has 0 aliphatic heterocycles. The molecule has 0 saturated heterocycles. The highest BCUT2D eigenvalue weighted by Crippen LogP contribution is 2.29. The van der Waals surface area contributed by atoms with Crippen molar-refractivity contribution in [2.24, 2.45) is 0 Å². The van der Waals surface area contributed by atoms with Crippen molar-refractivity contribution in [3.8, 4) is 0 Å². The second kappa shape index (κ2) is 8.46. The fraction of sp³-hybridized carbons (Fsp3) is 0.150. The molecule has 1 heterocycles. The normalized spacial score (nSPS) is 10.8. The fourth-order valence-electron chi connectivity index (χ4n) is 2.71. The number of aromatic nitrogens is 1. The number of benzene rings is 2. The summed E-state index contributed by atoms with van der Waals surface area (Å²) in [6, 6.07) is 11.5. The lowest BCUT2D eigenvalue weighted by Gasteiger charge is -2.14. The van der Waals surface area contributed by atoms with Gasteiger partial charge < -0.3 is 16.0 Å². The highest BCUT2D eigenvalue weighted by molar-refractivity contribution is 6.40. The van der Waals surface area contributed by atoms with Crippen LogP contribution in [0, 0.1) is 0 Å². The maximum atomic E-state index is 12.7. The summed E-state index contributed by atoms with van der Waals surface area (Å²) in [6.45, 7) is 3.75. The molecular formula is C20H18Cl2N4O2. The molecule has 0 radical (unpaired) electrons. The number of amides is 3. The molecule has 0 aliphatic carbocycles. The topological polar surface area (TPSA) is 83.1 Å². The molecule has 8 heteroatoms. The van der Waals surface area contributed by atoms with Gasteiger partial charge in [-0.25, -0.2) is 4.79 Å². The summed E-state index contributed by atoms with van der Waals surface area (Å²) in [5.74, 6) is -0.444. The molecule has 0 aliphatic rings. The predicted octanol–water partition coefficient (Wildman–Crippen LogP) is 5.32. The Labute approximate surface area is 172 Å². The quantitative estimate of drug-likeness (QED) is 0.537. The lowest BCUT2D eigenvalue weighted by Crippen LogP contribution is -2.34. The van der Waals surface area contributed by atoms with Crippen LogP contribution in [0.1, 0.15) is 24.2 Å². The van der Waals surface area contributed by atoms with Gasteiger partial charge in [-0.15, -0.1) is 0 Å². The molecule has 3 aromatic rings.